The van der Waals surface area contributed by atoms with E-state index < -0.39 is 5.60 Å². The van der Waals surface area contributed by atoms with Crippen molar-refractivity contribution in [1.82, 2.24) is 0 Å². The van der Waals surface area contributed by atoms with E-state index in [9.17, 15) is 9.59 Å². The van der Waals surface area contributed by atoms with Gasteiger partial charge in [0.15, 0.2) is 11.4 Å². The molecule has 0 aromatic carbocycles. The van der Waals surface area contributed by atoms with Gasteiger partial charge in [0.05, 0.1) is 0 Å². The Kier molecular flexibility index (Phi) is 3.95. The molecule has 0 radical (unpaired) electrons. The lowest BCUT2D eigenvalue weighted by atomic mass is 9.50. The number of rotatable bonds is 2. The Morgan fingerprint density at radius 3 is 2.75 bits per heavy atom. The van der Waals surface area contributed by atoms with Crippen molar-refractivity contribution >= 4 is 17.5 Å². The van der Waals surface area contributed by atoms with Crippen LogP contribution < -0.4 is 0 Å². The van der Waals surface area contributed by atoms with Crippen LogP contribution in [0, 0.1) is 41.4 Å². The lowest BCUT2D eigenvalue weighted by Gasteiger charge is -2.55. The summed E-state index contributed by atoms with van der Waals surface area (Å²) >= 11 is 0. The lowest BCUT2D eigenvalue weighted by Crippen LogP contribution is -2.54. The summed E-state index contributed by atoms with van der Waals surface area (Å²) in [6, 6.07) is 0. The molecule has 0 saturated heterocycles. The van der Waals surface area contributed by atoms with E-state index in [2.05, 4.69) is 17.8 Å². The normalized spacial score (nSPS) is 43.5. The molecule has 0 unspecified atom stereocenters. The average Bonchev–Trinajstić information content (AvgIpc) is 2.92. The maximum atomic E-state index is 12.5. The van der Waals surface area contributed by atoms with E-state index >= 15 is 0 Å². The zero-order valence-electron chi connectivity index (χ0n) is 16.4. The summed E-state index contributed by atoms with van der Waals surface area (Å²) < 4.78 is 6.01. The number of hydrogen-bond donors (Lipinski definition) is 0. The van der Waals surface area contributed by atoms with E-state index in [1.54, 1.807) is 12.3 Å². The van der Waals surface area contributed by atoms with E-state index in [0.29, 0.717) is 41.6 Å². The van der Waals surface area contributed by atoms with Crippen LogP contribution in [0.3, 0.4) is 0 Å². The number of carbonyl (C=O) groups excluding carboxylic acids is 2. The molecule has 3 saturated carbocycles. The summed E-state index contributed by atoms with van der Waals surface area (Å²) in [5, 5.41) is 0. The second-order valence-corrected chi connectivity index (χ2v) is 9.49. The molecule has 3 fully saturated rings. The van der Waals surface area contributed by atoms with Gasteiger partial charge in [-0.05, 0) is 80.8 Å². The second-order valence-electron chi connectivity index (χ2n) is 9.49. The van der Waals surface area contributed by atoms with Crippen LogP contribution in [0.2, 0.25) is 0 Å². The number of allylic oxidation sites excluding steroid dienone is 1. The fraction of sp³-hybridized carbons (Fsp3) is 0.625. The summed E-state index contributed by atoms with van der Waals surface area (Å²) in [7, 11) is 0. The van der Waals surface area contributed by atoms with Gasteiger partial charge in [-0.2, -0.15) is 0 Å². The number of terminal acetylenes is 1. The summed E-state index contributed by atoms with van der Waals surface area (Å²) in [6.45, 7) is 2.25. The van der Waals surface area contributed by atoms with Gasteiger partial charge in [-0.15, -0.1) is 6.42 Å². The fourth-order valence-corrected chi connectivity index (χ4v) is 7.09. The topological polar surface area (TPSA) is 55.7 Å². The molecule has 0 N–H and O–H groups in total. The first-order chi connectivity index (χ1) is 13.5. The van der Waals surface area contributed by atoms with Gasteiger partial charge in [-0.1, -0.05) is 18.4 Å². The first-order valence-corrected chi connectivity index (χ1v) is 10.7. The van der Waals surface area contributed by atoms with E-state index in [4.69, 9.17) is 11.2 Å². The number of hydrogen-bond acceptors (Lipinski definition) is 4. The van der Waals surface area contributed by atoms with Crippen LogP contribution in [-0.4, -0.2) is 23.1 Å². The van der Waals surface area contributed by atoms with Crippen LogP contribution in [0.25, 0.3) is 0 Å². The molecule has 6 atom stereocenters. The van der Waals surface area contributed by atoms with Crippen molar-refractivity contribution in [3.05, 3.63) is 23.9 Å². The molecule has 1 aliphatic heterocycles. The zero-order valence-corrected chi connectivity index (χ0v) is 16.4. The smallest absolute Gasteiger partial charge is 0.358 e. The minimum Gasteiger partial charge on any atom is -0.441 e. The molecule has 0 bridgehead atoms. The molecule has 4 heteroatoms. The number of carbonyl (C=O) groups is 2. The quantitative estimate of drug-likeness (QED) is 0.540. The van der Waals surface area contributed by atoms with Crippen LogP contribution in [-0.2, 0) is 14.3 Å². The molecule has 28 heavy (non-hydrogen) atoms. The molecular formula is C24H27NO3. The molecule has 4 nitrogen and oxygen atoms in total. The van der Waals surface area contributed by atoms with Crippen LogP contribution in [0.4, 0.5) is 0 Å². The third kappa shape index (κ3) is 2.35. The highest BCUT2D eigenvalue weighted by Gasteiger charge is 2.64. The molecule has 4 aliphatic carbocycles. The van der Waals surface area contributed by atoms with E-state index in [1.807, 2.05) is 6.08 Å². The van der Waals surface area contributed by atoms with Crippen LogP contribution in [0.1, 0.15) is 58.3 Å². The monoisotopic (exact) mass is 377 g/mol. The first-order valence-electron chi connectivity index (χ1n) is 10.7. The SMILES string of the molecule is C#C[C@]1(OC(=O)C2=NC=C2)CC[C@H]2[C@@H]3CCC4=CC(=O)CC[C@@H]4[C@H]3CC[C@@]21C. The summed E-state index contributed by atoms with van der Waals surface area (Å²) in [5.41, 5.74) is 0.751. The second kappa shape index (κ2) is 6.17. The van der Waals surface area contributed by atoms with Crippen LogP contribution >= 0.6 is 0 Å². The largest absolute Gasteiger partial charge is 0.441 e. The van der Waals surface area contributed by atoms with E-state index in [0.717, 1.165) is 44.9 Å². The Labute approximate surface area is 166 Å². The lowest BCUT2D eigenvalue weighted by molar-refractivity contribution is -0.162. The number of fused-ring (bicyclic) bond motifs is 5. The van der Waals surface area contributed by atoms with Gasteiger partial charge in [0, 0.05) is 18.0 Å². The van der Waals surface area contributed by atoms with Gasteiger partial charge in [0.1, 0.15) is 5.71 Å². The van der Waals surface area contributed by atoms with Crippen molar-refractivity contribution in [3.63, 3.8) is 0 Å². The summed E-state index contributed by atoms with van der Waals surface area (Å²) in [6.07, 6.45) is 19.0. The van der Waals surface area contributed by atoms with Crippen molar-refractivity contribution in [2.45, 2.75) is 63.9 Å². The summed E-state index contributed by atoms with van der Waals surface area (Å²) in [5.74, 6) is 5.16. The van der Waals surface area contributed by atoms with Gasteiger partial charge in [0.2, 0.25) is 0 Å². The van der Waals surface area contributed by atoms with E-state index in [1.165, 1.54) is 5.57 Å². The molecule has 0 amide bonds. The van der Waals surface area contributed by atoms with Gasteiger partial charge < -0.3 is 4.74 Å². The minimum absolute atomic E-state index is 0.182. The Balaban J connectivity index is 1.42. The maximum absolute atomic E-state index is 12.5. The van der Waals surface area contributed by atoms with E-state index in [-0.39, 0.29) is 11.4 Å². The Bertz CT molecular complexity index is 875. The molecule has 5 rings (SSSR count). The van der Waals surface area contributed by atoms with Crippen molar-refractivity contribution in [2.75, 3.05) is 0 Å². The van der Waals surface area contributed by atoms with Crippen molar-refractivity contribution < 1.29 is 14.3 Å². The zero-order chi connectivity index (χ0) is 19.5. The number of esters is 1. The van der Waals surface area contributed by atoms with Gasteiger partial charge in [-0.3, -0.25) is 4.79 Å². The van der Waals surface area contributed by atoms with Gasteiger partial charge in [0.25, 0.3) is 0 Å². The molecule has 0 aromatic rings. The fourth-order valence-electron chi connectivity index (χ4n) is 7.09. The molecule has 146 valence electrons. The van der Waals surface area contributed by atoms with Gasteiger partial charge in [-0.25, -0.2) is 9.79 Å². The average molecular weight is 377 g/mol. The highest BCUT2D eigenvalue weighted by atomic mass is 16.6. The third-order valence-electron chi connectivity index (χ3n) is 8.57. The highest BCUT2D eigenvalue weighted by Crippen LogP contribution is 2.65. The van der Waals surface area contributed by atoms with Crippen LogP contribution in [0.15, 0.2) is 28.9 Å². The third-order valence-corrected chi connectivity index (χ3v) is 8.57. The van der Waals surface area contributed by atoms with Crippen molar-refractivity contribution in [3.8, 4) is 12.3 Å². The predicted molar refractivity (Wildman–Crippen MR) is 106 cm³/mol. The van der Waals surface area contributed by atoms with Crippen LogP contribution in [0.5, 0.6) is 0 Å². The number of aliphatic imine (C=N–C) groups is 1. The highest BCUT2D eigenvalue weighted by molar-refractivity contribution is 6.43. The number of nitrogens with zero attached hydrogens (tertiary/aromatic N) is 1. The Morgan fingerprint density at radius 2 is 2.04 bits per heavy atom. The molecule has 0 spiro atoms. The predicted octanol–water partition coefficient (Wildman–Crippen LogP) is 4.01. The molecule has 0 aromatic heterocycles. The molecule has 1 heterocycles. The maximum Gasteiger partial charge on any atom is 0.358 e. The number of ether oxygens (including phenoxy) is 1. The molecular weight excluding hydrogens is 350 g/mol. The standard InChI is InChI=1S/C24H27NO3/c1-3-24(28-22(27)21-10-13-25-21)12-9-20-19-6-4-15-14-16(26)5-7-17(15)18(19)8-11-23(20,24)2/h1,10,13-14,17-20H,4-9,11-12H2,2H3/t17-,18+,19+,20-,23-,24-/m0/s1. The first kappa shape index (κ1) is 17.9. The Morgan fingerprint density at radius 1 is 1.21 bits per heavy atom. The van der Waals surface area contributed by atoms with Gasteiger partial charge >= 0.3 is 5.97 Å². The number of ketones is 1. The Hall–Kier alpha value is -2.15. The minimum atomic E-state index is -0.829. The van der Waals surface area contributed by atoms with Crippen molar-refractivity contribution in [1.29, 1.82) is 0 Å². The molecule has 5 aliphatic rings. The summed E-state index contributed by atoms with van der Waals surface area (Å²) in [4.78, 5) is 28.4. The van der Waals surface area contributed by atoms with Crippen molar-refractivity contribution in [2.24, 2.45) is 34.1 Å².